The lowest BCUT2D eigenvalue weighted by Gasteiger charge is -2.34. The molecule has 6 heteroatoms. The van der Waals surface area contributed by atoms with Crippen LogP contribution in [0.15, 0.2) is 47.5 Å². The molecule has 0 aromatic heterocycles. The molecule has 2 saturated heterocycles. The number of rotatable bonds is 14. The molecule has 2 aliphatic heterocycles. The van der Waals surface area contributed by atoms with Gasteiger partial charge in [-0.1, -0.05) is 38.8 Å². The van der Waals surface area contributed by atoms with E-state index in [-0.39, 0.29) is 17.9 Å². The number of nitrogens with zero attached hydrogens (tertiary/aromatic N) is 1. The molecule has 2 aliphatic rings. The quantitative estimate of drug-likeness (QED) is 0.182. The van der Waals surface area contributed by atoms with Crippen molar-refractivity contribution in [2.45, 2.75) is 78.3 Å². The minimum atomic E-state index is 0.110. The first-order valence-electron chi connectivity index (χ1n) is 15.0. The van der Waals surface area contributed by atoms with Crippen LogP contribution in [0.4, 0.5) is 0 Å². The fourth-order valence-corrected chi connectivity index (χ4v) is 5.50. The number of carbonyl (C=O) groups excluding carboxylic acids is 1. The molecule has 0 aliphatic carbocycles. The molecule has 0 spiro atoms. The third-order valence-corrected chi connectivity index (χ3v) is 7.63. The van der Waals surface area contributed by atoms with E-state index in [0.717, 1.165) is 72.3 Å². The maximum absolute atomic E-state index is 14.0. The summed E-state index contributed by atoms with van der Waals surface area (Å²) in [4.78, 5) is 16.3. The van der Waals surface area contributed by atoms with Crippen molar-refractivity contribution < 1.29 is 23.7 Å². The number of ether oxygens (including phenoxy) is 4. The molecule has 40 heavy (non-hydrogen) atoms. The number of likely N-dealkylation sites (N-methyl/N-ethyl adjacent to an activating group) is 1. The molecular formula is C34H45NO5. The highest BCUT2D eigenvalue weighted by atomic mass is 16.5. The van der Waals surface area contributed by atoms with Gasteiger partial charge >= 0.3 is 0 Å². The molecule has 2 aromatic rings. The molecule has 2 fully saturated rings. The maximum Gasteiger partial charge on any atom is 0.188 e. The molecule has 2 atom stereocenters. The van der Waals surface area contributed by atoms with E-state index < -0.39 is 0 Å². The Hall–Kier alpha value is -3.25. The Morgan fingerprint density at radius 2 is 1.15 bits per heavy atom. The lowest BCUT2D eigenvalue weighted by molar-refractivity contribution is -0.114. The van der Waals surface area contributed by atoms with Crippen molar-refractivity contribution in [3.63, 3.8) is 0 Å². The number of hydrogen-bond acceptors (Lipinski definition) is 6. The second-order valence-electron chi connectivity index (χ2n) is 10.5. The molecule has 2 heterocycles. The normalized spacial score (nSPS) is 20.8. The van der Waals surface area contributed by atoms with Crippen molar-refractivity contribution in [3.05, 3.63) is 58.7 Å². The van der Waals surface area contributed by atoms with Crippen molar-refractivity contribution in [2.75, 3.05) is 33.5 Å². The summed E-state index contributed by atoms with van der Waals surface area (Å²) < 4.78 is 23.7. The van der Waals surface area contributed by atoms with Gasteiger partial charge in [-0.25, -0.2) is 0 Å². The van der Waals surface area contributed by atoms with E-state index in [2.05, 4.69) is 25.8 Å². The third-order valence-electron chi connectivity index (χ3n) is 7.63. The number of unbranched alkanes of at least 4 members (excludes halogenated alkanes) is 2. The van der Waals surface area contributed by atoms with Gasteiger partial charge in [-0.2, -0.15) is 0 Å². The molecule has 2 unspecified atom stereocenters. The molecule has 0 saturated carbocycles. The SMILES string of the molecule is CCCCOc1ccc(C=C2C(=O)C(=Cc3ccc(OCCCC)c(OCC)c3)C3CCC2N3C)cc1OCC. The topological polar surface area (TPSA) is 57.2 Å². The number of benzene rings is 2. The van der Waals surface area contributed by atoms with Crippen LogP contribution in [0.3, 0.4) is 0 Å². The standard InChI is InChI=1S/C34H45NO5/c1-6-10-18-39-30-16-12-24(22-32(30)37-8-3)20-26-28-14-15-29(35(28)5)27(34(26)36)21-25-13-17-31(40-19-11-7-2)33(23-25)38-9-4/h12-13,16-17,20-23,28-29H,6-11,14-15,18-19H2,1-5H3. The van der Waals surface area contributed by atoms with Gasteiger partial charge in [-0.15, -0.1) is 0 Å². The van der Waals surface area contributed by atoms with Gasteiger partial charge in [0.05, 0.1) is 26.4 Å². The number of piperidine rings is 1. The van der Waals surface area contributed by atoms with Crippen LogP contribution in [0.25, 0.3) is 12.2 Å². The summed E-state index contributed by atoms with van der Waals surface area (Å²) in [7, 11) is 2.13. The van der Waals surface area contributed by atoms with Crippen LogP contribution in [0.2, 0.25) is 0 Å². The summed E-state index contributed by atoms with van der Waals surface area (Å²) in [5.41, 5.74) is 3.54. The van der Waals surface area contributed by atoms with Gasteiger partial charge in [0.1, 0.15) is 0 Å². The van der Waals surface area contributed by atoms with Crippen LogP contribution in [-0.2, 0) is 4.79 Å². The number of Topliss-reactive ketones (excluding diaryl/α,β-unsaturated/α-hetero) is 1. The molecule has 2 bridgehead atoms. The molecule has 6 nitrogen and oxygen atoms in total. The Labute approximate surface area is 240 Å². The molecule has 216 valence electrons. The Balaban J connectivity index is 1.64. The predicted molar refractivity (Wildman–Crippen MR) is 162 cm³/mol. The summed E-state index contributed by atoms with van der Waals surface area (Å²) in [5.74, 6) is 3.05. The van der Waals surface area contributed by atoms with Crippen LogP contribution in [0.1, 0.15) is 77.3 Å². The lowest BCUT2D eigenvalue weighted by atomic mass is 9.88. The second kappa shape index (κ2) is 14.4. The van der Waals surface area contributed by atoms with Crippen LogP contribution < -0.4 is 18.9 Å². The number of hydrogen-bond donors (Lipinski definition) is 0. The van der Waals surface area contributed by atoms with Crippen LogP contribution in [-0.4, -0.2) is 56.2 Å². The first kappa shape index (κ1) is 29.7. The smallest absolute Gasteiger partial charge is 0.188 e. The van der Waals surface area contributed by atoms with Crippen molar-refractivity contribution in [3.8, 4) is 23.0 Å². The van der Waals surface area contributed by atoms with Crippen molar-refractivity contribution >= 4 is 17.9 Å². The van der Waals surface area contributed by atoms with Gasteiger partial charge in [-0.05, 0) is 94.1 Å². The molecule has 0 amide bonds. The van der Waals surface area contributed by atoms with Gasteiger partial charge in [-0.3, -0.25) is 9.69 Å². The average molecular weight is 548 g/mol. The minimum absolute atomic E-state index is 0.110. The minimum Gasteiger partial charge on any atom is -0.490 e. The summed E-state index contributed by atoms with van der Waals surface area (Å²) in [6.45, 7) is 10.7. The van der Waals surface area contributed by atoms with Gasteiger partial charge in [0, 0.05) is 23.2 Å². The van der Waals surface area contributed by atoms with E-state index in [9.17, 15) is 4.79 Å². The lowest BCUT2D eigenvalue weighted by Crippen LogP contribution is -2.43. The zero-order valence-corrected chi connectivity index (χ0v) is 24.8. The van der Waals surface area contributed by atoms with Gasteiger partial charge in [0.2, 0.25) is 0 Å². The Morgan fingerprint density at radius 1 is 0.700 bits per heavy atom. The van der Waals surface area contributed by atoms with Gasteiger partial charge in [0.15, 0.2) is 28.8 Å². The van der Waals surface area contributed by atoms with E-state index >= 15 is 0 Å². The maximum atomic E-state index is 14.0. The van der Waals surface area contributed by atoms with E-state index in [0.29, 0.717) is 37.9 Å². The van der Waals surface area contributed by atoms with Crippen LogP contribution in [0, 0.1) is 0 Å². The zero-order valence-electron chi connectivity index (χ0n) is 24.8. The van der Waals surface area contributed by atoms with Crippen molar-refractivity contribution in [2.24, 2.45) is 0 Å². The largest absolute Gasteiger partial charge is 0.490 e. The van der Waals surface area contributed by atoms with E-state index in [1.807, 2.05) is 62.4 Å². The number of ketones is 1. The summed E-state index contributed by atoms with van der Waals surface area (Å²) >= 11 is 0. The first-order valence-corrected chi connectivity index (χ1v) is 15.0. The highest BCUT2D eigenvalue weighted by Gasteiger charge is 2.44. The number of carbonyl (C=O) groups is 1. The van der Waals surface area contributed by atoms with Crippen molar-refractivity contribution in [1.29, 1.82) is 0 Å². The fourth-order valence-electron chi connectivity index (χ4n) is 5.50. The highest BCUT2D eigenvalue weighted by Crippen LogP contribution is 2.41. The van der Waals surface area contributed by atoms with Crippen LogP contribution >= 0.6 is 0 Å². The van der Waals surface area contributed by atoms with Crippen LogP contribution in [0.5, 0.6) is 23.0 Å². The molecule has 0 radical (unpaired) electrons. The molecule has 0 N–H and O–H groups in total. The Morgan fingerprint density at radius 3 is 1.55 bits per heavy atom. The molecule has 2 aromatic carbocycles. The zero-order chi connectivity index (χ0) is 28.5. The highest BCUT2D eigenvalue weighted by molar-refractivity contribution is 6.16. The fraction of sp³-hybridized carbons (Fsp3) is 0.500. The summed E-state index contributed by atoms with van der Waals surface area (Å²) in [5, 5.41) is 0. The number of fused-ring (bicyclic) bond motifs is 2. The Bertz CT molecular complexity index is 1130. The van der Waals surface area contributed by atoms with E-state index in [1.165, 1.54) is 0 Å². The van der Waals surface area contributed by atoms with Gasteiger partial charge in [0.25, 0.3) is 0 Å². The van der Waals surface area contributed by atoms with Gasteiger partial charge < -0.3 is 18.9 Å². The predicted octanol–water partition coefficient (Wildman–Crippen LogP) is 7.35. The van der Waals surface area contributed by atoms with E-state index in [4.69, 9.17) is 18.9 Å². The van der Waals surface area contributed by atoms with Crippen molar-refractivity contribution in [1.82, 2.24) is 4.90 Å². The summed E-state index contributed by atoms with van der Waals surface area (Å²) in [6, 6.07) is 12.1. The Kier molecular flexibility index (Phi) is 10.7. The average Bonchev–Trinajstić information content (AvgIpc) is 3.26. The molecule has 4 rings (SSSR count). The second-order valence-corrected chi connectivity index (χ2v) is 10.5. The van der Waals surface area contributed by atoms with E-state index in [1.54, 1.807) is 0 Å². The molecular weight excluding hydrogens is 502 g/mol. The summed E-state index contributed by atoms with van der Waals surface area (Å²) in [6.07, 6.45) is 10.1. The third kappa shape index (κ3) is 6.90. The monoisotopic (exact) mass is 547 g/mol. The first-order chi connectivity index (χ1) is 19.5.